The van der Waals surface area contributed by atoms with Gasteiger partial charge in [0.2, 0.25) is 5.91 Å². The molecule has 0 radical (unpaired) electrons. The van der Waals surface area contributed by atoms with Crippen LogP contribution in [0.15, 0.2) is 0 Å². The Kier molecular flexibility index (Phi) is 5.88. The Hall–Kier alpha value is -1.44. The fourth-order valence-electron chi connectivity index (χ4n) is 1.71. The molecule has 7 nitrogen and oxygen atoms in total. The zero-order valence-corrected chi connectivity index (χ0v) is 13.8. The summed E-state index contributed by atoms with van der Waals surface area (Å²) in [6.07, 6.45) is -0.529. The van der Waals surface area contributed by atoms with E-state index >= 15 is 0 Å². The summed E-state index contributed by atoms with van der Waals surface area (Å²) in [7, 11) is 1.25. The van der Waals surface area contributed by atoms with Gasteiger partial charge in [0.15, 0.2) is 0 Å². The van der Waals surface area contributed by atoms with Gasteiger partial charge >= 0.3 is 12.1 Å². The summed E-state index contributed by atoms with van der Waals surface area (Å²) in [4.78, 5) is 36.9. The highest BCUT2D eigenvalue weighted by atomic mass is 32.2. The van der Waals surface area contributed by atoms with Gasteiger partial charge in [-0.3, -0.25) is 9.69 Å². The molecular formula is C13H22N2O5S. The van der Waals surface area contributed by atoms with E-state index in [1.54, 1.807) is 20.8 Å². The molecule has 1 saturated heterocycles. The van der Waals surface area contributed by atoms with Crippen molar-refractivity contribution in [2.24, 2.45) is 0 Å². The SMILES string of the molecule is COC(=O)[C@@H](C)NC(=O)[C@@H]1CSCN1C(=O)OC(C)(C)C. The van der Waals surface area contributed by atoms with Crippen LogP contribution in [0.2, 0.25) is 0 Å². The van der Waals surface area contributed by atoms with Crippen molar-refractivity contribution in [3.8, 4) is 0 Å². The van der Waals surface area contributed by atoms with E-state index in [4.69, 9.17) is 4.74 Å². The lowest BCUT2D eigenvalue weighted by atomic mass is 10.2. The molecule has 1 rings (SSSR count). The largest absolute Gasteiger partial charge is 0.467 e. The minimum absolute atomic E-state index is 0.385. The van der Waals surface area contributed by atoms with Crippen molar-refractivity contribution in [1.29, 1.82) is 0 Å². The van der Waals surface area contributed by atoms with E-state index < -0.39 is 29.7 Å². The molecule has 21 heavy (non-hydrogen) atoms. The third-order valence-electron chi connectivity index (χ3n) is 2.73. The summed E-state index contributed by atoms with van der Waals surface area (Å²) in [6.45, 7) is 6.83. The predicted octanol–water partition coefficient (Wildman–Crippen LogP) is 0.974. The molecule has 8 heteroatoms. The van der Waals surface area contributed by atoms with Gasteiger partial charge in [0, 0.05) is 5.75 Å². The Labute approximate surface area is 128 Å². The minimum Gasteiger partial charge on any atom is -0.467 e. The fourth-order valence-corrected chi connectivity index (χ4v) is 2.85. The first-order chi connectivity index (χ1) is 9.65. The third kappa shape index (κ3) is 5.11. The predicted molar refractivity (Wildman–Crippen MR) is 78.8 cm³/mol. The van der Waals surface area contributed by atoms with Gasteiger partial charge in [-0.05, 0) is 27.7 Å². The second-order valence-electron chi connectivity index (χ2n) is 5.72. The van der Waals surface area contributed by atoms with Crippen LogP contribution in [-0.2, 0) is 19.1 Å². The van der Waals surface area contributed by atoms with Gasteiger partial charge in [0.1, 0.15) is 17.7 Å². The number of rotatable bonds is 3. The average Bonchev–Trinajstić information content (AvgIpc) is 2.84. The number of esters is 1. The van der Waals surface area contributed by atoms with Crippen LogP contribution in [0, 0.1) is 0 Å². The molecular weight excluding hydrogens is 296 g/mol. The summed E-state index contributed by atoms with van der Waals surface area (Å²) in [6, 6.07) is -1.40. The summed E-state index contributed by atoms with van der Waals surface area (Å²) in [5.74, 6) is -0.0555. The molecule has 0 unspecified atom stereocenters. The van der Waals surface area contributed by atoms with E-state index in [2.05, 4.69) is 10.1 Å². The van der Waals surface area contributed by atoms with Gasteiger partial charge in [-0.2, -0.15) is 0 Å². The first-order valence-corrected chi connectivity index (χ1v) is 7.76. The number of amides is 2. The first kappa shape index (κ1) is 17.6. The Bertz CT molecular complexity index is 421. The molecule has 1 aliphatic rings. The average molecular weight is 318 g/mol. The summed E-state index contributed by atoms with van der Waals surface area (Å²) >= 11 is 1.46. The highest BCUT2D eigenvalue weighted by molar-refractivity contribution is 7.99. The molecule has 120 valence electrons. The number of carbonyl (C=O) groups is 3. The monoisotopic (exact) mass is 318 g/mol. The Morgan fingerprint density at radius 2 is 1.95 bits per heavy atom. The van der Waals surface area contributed by atoms with Crippen LogP contribution in [-0.4, -0.2) is 59.3 Å². The van der Waals surface area contributed by atoms with Gasteiger partial charge in [-0.25, -0.2) is 9.59 Å². The third-order valence-corrected chi connectivity index (χ3v) is 3.74. The highest BCUT2D eigenvalue weighted by Gasteiger charge is 2.38. The Morgan fingerprint density at radius 1 is 1.33 bits per heavy atom. The molecule has 1 heterocycles. The van der Waals surface area contributed by atoms with Crippen LogP contribution in [0.5, 0.6) is 0 Å². The quantitative estimate of drug-likeness (QED) is 0.781. The molecule has 1 N–H and O–H groups in total. The lowest BCUT2D eigenvalue weighted by molar-refractivity contribution is -0.145. The molecule has 0 aromatic rings. The molecule has 0 aliphatic carbocycles. The van der Waals surface area contributed by atoms with Crippen molar-refractivity contribution in [3.05, 3.63) is 0 Å². The number of nitrogens with one attached hydrogen (secondary N) is 1. The number of carbonyl (C=O) groups excluding carboxylic acids is 3. The van der Waals surface area contributed by atoms with Gasteiger partial charge in [0.05, 0.1) is 13.0 Å². The van der Waals surface area contributed by atoms with Crippen LogP contribution in [0.25, 0.3) is 0 Å². The van der Waals surface area contributed by atoms with Crippen molar-refractivity contribution in [3.63, 3.8) is 0 Å². The second-order valence-corrected chi connectivity index (χ2v) is 6.72. The number of methoxy groups -OCH3 is 1. The normalized spacial score (nSPS) is 19.9. The highest BCUT2D eigenvalue weighted by Crippen LogP contribution is 2.23. The maximum atomic E-state index is 12.2. The Balaban J connectivity index is 2.66. The summed E-state index contributed by atoms with van der Waals surface area (Å²) in [5.41, 5.74) is -0.620. The van der Waals surface area contributed by atoms with E-state index in [1.165, 1.54) is 30.7 Å². The molecule has 0 spiro atoms. The maximum Gasteiger partial charge on any atom is 0.411 e. The van der Waals surface area contributed by atoms with Crippen LogP contribution in [0.4, 0.5) is 4.79 Å². The standard InChI is InChI=1S/C13H22N2O5S/c1-8(11(17)19-5)14-10(16)9-6-21-7-15(9)12(18)20-13(2,3)4/h8-9H,6-7H2,1-5H3,(H,14,16)/t8-,9+/m1/s1. The van der Waals surface area contributed by atoms with Crippen LogP contribution in [0.1, 0.15) is 27.7 Å². The van der Waals surface area contributed by atoms with Crippen LogP contribution < -0.4 is 5.32 Å². The Morgan fingerprint density at radius 3 is 2.48 bits per heavy atom. The van der Waals surface area contributed by atoms with E-state index in [0.29, 0.717) is 11.6 Å². The van der Waals surface area contributed by atoms with Crippen molar-refractivity contribution in [2.45, 2.75) is 45.4 Å². The van der Waals surface area contributed by atoms with Crippen molar-refractivity contribution >= 4 is 29.7 Å². The molecule has 0 bridgehead atoms. The molecule has 1 aliphatic heterocycles. The lowest BCUT2D eigenvalue weighted by Crippen LogP contribution is -2.52. The molecule has 2 atom stereocenters. The van der Waals surface area contributed by atoms with Crippen molar-refractivity contribution in [2.75, 3.05) is 18.7 Å². The van der Waals surface area contributed by atoms with E-state index in [1.807, 2.05) is 0 Å². The number of ether oxygens (including phenoxy) is 2. The topological polar surface area (TPSA) is 84.9 Å². The molecule has 1 fully saturated rings. The second kappa shape index (κ2) is 7.02. The first-order valence-electron chi connectivity index (χ1n) is 6.61. The van der Waals surface area contributed by atoms with Crippen LogP contribution in [0.3, 0.4) is 0 Å². The summed E-state index contributed by atoms with van der Waals surface area (Å²) in [5, 5.41) is 2.54. The lowest BCUT2D eigenvalue weighted by Gasteiger charge is -2.27. The van der Waals surface area contributed by atoms with Crippen LogP contribution >= 0.6 is 11.8 Å². The molecule has 0 saturated carbocycles. The summed E-state index contributed by atoms with van der Waals surface area (Å²) < 4.78 is 9.83. The van der Waals surface area contributed by atoms with Gasteiger partial charge in [0.25, 0.3) is 0 Å². The van der Waals surface area contributed by atoms with Gasteiger partial charge in [-0.15, -0.1) is 11.8 Å². The number of thioether (sulfide) groups is 1. The number of hydrogen-bond acceptors (Lipinski definition) is 6. The fraction of sp³-hybridized carbons (Fsp3) is 0.769. The van der Waals surface area contributed by atoms with Crippen molar-refractivity contribution in [1.82, 2.24) is 10.2 Å². The van der Waals surface area contributed by atoms with E-state index in [-0.39, 0.29) is 5.91 Å². The zero-order valence-electron chi connectivity index (χ0n) is 13.0. The van der Waals surface area contributed by atoms with Gasteiger partial charge in [-0.1, -0.05) is 0 Å². The van der Waals surface area contributed by atoms with E-state index in [0.717, 1.165) is 0 Å². The van der Waals surface area contributed by atoms with Crippen molar-refractivity contribution < 1.29 is 23.9 Å². The zero-order chi connectivity index (χ0) is 16.2. The van der Waals surface area contributed by atoms with E-state index in [9.17, 15) is 14.4 Å². The van der Waals surface area contributed by atoms with Gasteiger partial charge < -0.3 is 14.8 Å². The molecule has 0 aromatic carbocycles. The number of hydrogen-bond donors (Lipinski definition) is 1. The molecule has 2 amide bonds. The smallest absolute Gasteiger partial charge is 0.411 e. The number of nitrogens with zero attached hydrogens (tertiary/aromatic N) is 1. The molecule has 0 aromatic heterocycles. The maximum absolute atomic E-state index is 12.2. The minimum atomic E-state index is -0.756.